The van der Waals surface area contributed by atoms with Crippen molar-refractivity contribution in [1.29, 1.82) is 5.26 Å². The first kappa shape index (κ1) is 24.6. The van der Waals surface area contributed by atoms with Crippen molar-refractivity contribution >= 4 is 23.3 Å². The molecule has 1 saturated heterocycles. The third kappa shape index (κ3) is 5.03. The van der Waals surface area contributed by atoms with Crippen LogP contribution < -0.4 is 10.2 Å². The van der Waals surface area contributed by atoms with Crippen LogP contribution in [0.15, 0.2) is 73.4 Å². The quantitative estimate of drug-likeness (QED) is 0.359. The molecule has 4 aromatic rings. The Labute approximate surface area is 225 Å². The van der Waals surface area contributed by atoms with Gasteiger partial charge in [-0.05, 0) is 48.4 Å². The lowest BCUT2D eigenvalue weighted by Gasteiger charge is -2.21. The Kier molecular flexibility index (Phi) is 6.40. The van der Waals surface area contributed by atoms with Crippen LogP contribution in [0.25, 0.3) is 11.1 Å². The maximum absolute atomic E-state index is 13.1. The molecule has 1 aliphatic heterocycles. The Morgan fingerprint density at radius 2 is 1.95 bits per heavy atom. The molecule has 0 unspecified atom stereocenters. The molecular weight excluding hydrogens is 492 g/mol. The monoisotopic (exact) mass is 520 g/mol. The number of aromatic nitrogens is 5. The standard InChI is InChI=1S/C29H28N8O2/c30-20-29(24-5-6-24)8-12-37(28(29)39)25-7-10-31-26(17-25)34-27(38)16-21-3-1-4-22(15-21)23-18-33-36(19-23)14-13-35-11-2-9-32-35/h1-4,7,9-11,15,17-19,24H,5-6,8,12-14,16H2,(H,31,34,38)/t29-/m1/s1. The van der Waals surface area contributed by atoms with Crippen LogP contribution >= 0.6 is 0 Å². The van der Waals surface area contributed by atoms with Crippen molar-refractivity contribution in [3.63, 3.8) is 0 Å². The van der Waals surface area contributed by atoms with Crippen LogP contribution in [0.2, 0.25) is 0 Å². The molecule has 196 valence electrons. The zero-order valence-electron chi connectivity index (χ0n) is 21.4. The molecule has 1 aliphatic carbocycles. The highest BCUT2D eigenvalue weighted by molar-refractivity contribution is 6.02. The summed E-state index contributed by atoms with van der Waals surface area (Å²) in [5.41, 5.74) is 2.56. The zero-order valence-corrected chi connectivity index (χ0v) is 21.4. The zero-order chi connectivity index (χ0) is 26.8. The summed E-state index contributed by atoms with van der Waals surface area (Å²) in [5.74, 6) is 0.190. The van der Waals surface area contributed by atoms with Crippen molar-refractivity contribution in [3.8, 4) is 17.2 Å². The Hall–Kier alpha value is -4.78. The van der Waals surface area contributed by atoms with Crippen molar-refractivity contribution in [3.05, 3.63) is 79.0 Å². The lowest BCUT2D eigenvalue weighted by Crippen LogP contribution is -2.35. The summed E-state index contributed by atoms with van der Waals surface area (Å²) in [5, 5.41) is 21.3. The van der Waals surface area contributed by atoms with E-state index in [0.29, 0.717) is 31.0 Å². The largest absolute Gasteiger partial charge is 0.311 e. The third-order valence-electron chi connectivity index (χ3n) is 7.53. The van der Waals surface area contributed by atoms with Gasteiger partial charge >= 0.3 is 0 Å². The van der Waals surface area contributed by atoms with Gasteiger partial charge in [0.25, 0.3) is 0 Å². The Bertz CT molecular complexity index is 1550. The number of anilines is 2. The summed E-state index contributed by atoms with van der Waals surface area (Å²) < 4.78 is 3.74. The van der Waals surface area contributed by atoms with Gasteiger partial charge in [0.15, 0.2) is 0 Å². The summed E-state index contributed by atoms with van der Waals surface area (Å²) in [7, 11) is 0. The van der Waals surface area contributed by atoms with Crippen molar-refractivity contribution in [2.24, 2.45) is 11.3 Å². The van der Waals surface area contributed by atoms with Gasteiger partial charge in [0.1, 0.15) is 11.2 Å². The first-order valence-corrected chi connectivity index (χ1v) is 13.1. The minimum Gasteiger partial charge on any atom is -0.311 e. The van der Waals surface area contributed by atoms with E-state index in [2.05, 4.69) is 26.6 Å². The van der Waals surface area contributed by atoms with Crippen LogP contribution in [-0.4, -0.2) is 42.9 Å². The SMILES string of the molecule is N#C[C@@]1(C2CC2)CCN(c2ccnc(NC(=O)Cc3cccc(-c4cnn(CCn5cccn5)c4)c3)c2)C1=O. The molecule has 2 aliphatic rings. The van der Waals surface area contributed by atoms with Gasteiger partial charge in [-0.3, -0.25) is 19.0 Å². The lowest BCUT2D eigenvalue weighted by atomic mass is 9.83. The van der Waals surface area contributed by atoms with Gasteiger partial charge in [-0.15, -0.1) is 0 Å². The average Bonchev–Trinajstić information content (AvgIpc) is 3.33. The van der Waals surface area contributed by atoms with Gasteiger partial charge in [-0.2, -0.15) is 15.5 Å². The number of hydrogen-bond acceptors (Lipinski definition) is 6. The molecule has 0 bridgehead atoms. The van der Waals surface area contributed by atoms with Crippen LogP contribution in [-0.2, 0) is 29.1 Å². The number of hydrogen-bond donors (Lipinski definition) is 1. The van der Waals surface area contributed by atoms with Gasteiger partial charge in [0, 0.05) is 48.6 Å². The van der Waals surface area contributed by atoms with E-state index < -0.39 is 5.41 Å². The van der Waals surface area contributed by atoms with E-state index in [0.717, 1.165) is 36.1 Å². The number of pyridine rings is 1. The molecule has 10 heteroatoms. The lowest BCUT2D eigenvalue weighted by molar-refractivity contribution is -0.123. The van der Waals surface area contributed by atoms with Gasteiger partial charge in [0.2, 0.25) is 11.8 Å². The summed E-state index contributed by atoms with van der Waals surface area (Å²) in [4.78, 5) is 31.9. The number of nitriles is 1. The fraction of sp³-hybridized carbons (Fsp3) is 0.310. The third-order valence-corrected chi connectivity index (χ3v) is 7.53. The number of aryl methyl sites for hydroxylation is 2. The summed E-state index contributed by atoms with van der Waals surface area (Å²) in [6.07, 6.45) is 11.6. The Balaban J connectivity index is 1.09. The highest BCUT2D eigenvalue weighted by Crippen LogP contribution is 2.51. The highest BCUT2D eigenvalue weighted by atomic mass is 16.2. The topological polar surface area (TPSA) is 122 Å². The van der Waals surface area contributed by atoms with E-state index in [4.69, 9.17) is 0 Å². The number of amides is 2. The van der Waals surface area contributed by atoms with Crippen LogP contribution in [0.3, 0.4) is 0 Å². The van der Waals surface area contributed by atoms with Crippen LogP contribution in [0, 0.1) is 22.7 Å². The van der Waals surface area contributed by atoms with E-state index >= 15 is 0 Å². The second kappa shape index (κ2) is 10.2. The smallest absolute Gasteiger partial charge is 0.247 e. The summed E-state index contributed by atoms with van der Waals surface area (Å²) in [6, 6.07) is 15.5. The van der Waals surface area contributed by atoms with E-state index in [1.165, 1.54) is 0 Å². The van der Waals surface area contributed by atoms with E-state index in [9.17, 15) is 14.9 Å². The number of rotatable bonds is 9. The Morgan fingerprint density at radius 1 is 1.08 bits per heavy atom. The maximum atomic E-state index is 13.1. The fourth-order valence-corrected chi connectivity index (χ4v) is 5.30. The molecule has 10 nitrogen and oxygen atoms in total. The molecular formula is C29H28N8O2. The van der Waals surface area contributed by atoms with Gasteiger partial charge < -0.3 is 10.2 Å². The first-order chi connectivity index (χ1) is 19.0. The van der Waals surface area contributed by atoms with Gasteiger partial charge in [0.05, 0.1) is 31.8 Å². The molecule has 2 amide bonds. The summed E-state index contributed by atoms with van der Waals surface area (Å²) >= 11 is 0. The molecule has 1 atom stereocenters. The number of nitrogens with one attached hydrogen (secondary N) is 1. The molecule has 6 rings (SSSR count). The summed E-state index contributed by atoms with van der Waals surface area (Å²) in [6.45, 7) is 1.93. The Morgan fingerprint density at radius 3 is 2.74 bits per heavy atom. The predicted molar refractivity (Wildman–Crippen MR) is 144 cm³/mol. The minimum absolute atomic E-state index is 0.141. The second-order valence-corrected chi connectivity index (χ2v) is 10.2. The van der Waals surface area contributed by atoms with Gasteiger partial charge in [-0.25, -0.2) is 4.98 Å². The van der Waals surface area contributed by atoms with E-state index in [-0.39, 0.29) is 24.2 Å². The minimum atomic E-state index is -0.909. The molecule has 2 fully saturated rings. The molecule has 0 spiro atoms. The van der Waals surface area contributed by atoms with E-state index in [1.54, 1.807) is 29.4 Å². The molecule has 0 radical (unpaired) electrons. The normalized spacial score (nSPS) is 18.7. The number of carbonyl (C=O) groups excluding carboxylic acids is 2. The number of carbonyl (C=O) groups is 2. The van der Waals surface area contributed by atoms with Gasteiger partial charge in [-0.1, -0.05) is 24.3 Å². The molecule has 1 N–H and O–H groups in total. The highest BCUT2D eigenvalue weighted by Gasteiger charge is 2.56. The second-order valence-electron chi connectivity index (χ2n) is 10.2. The van der Waals surface area contributed by atoms with Crippen molar-refractivity contribution in [1.82, 2.24) is 24.5 Å². The number of nitrogens with zero attached hydrogens (tertiary/aromatic N) is 7. The maximum Gasteiger partial charge on any atom is 0.247 e. The predicted octanol–water partition coefficient (Wildman–Crippen LogP) is 3.68. The van der Waals surface area contributed by atoms with Crippen molar-refractivity contribution in [2.75, 3.05) is 16.8 Å². The van der Waals surface area contributed by atoms with Crippen LogP contribution in [0.5, 0.6) is 0 Å². The average molecular weight is 521 g/mol. The molecule has 4 heterocycles. The molecule has 1 aromatic carbocycles. The van der Waals surface area contributed by atoms with E-state index in [1.807, 2.05) is 58.3 Å². The molecule has 3 aromatic heterocycles. The van der Waals surface area contributed by atoms with Crippen molar-refractivity contribution in [2.45, 2.75) is 38.8 Å². The molecule has 39 heavy (non-hydrogen) atoms. The molecule has 1 saturated carbocycles. The van der Waals surface area contributed by atoms with Crippen LogP contribution in [0.1, 0.15) is 24.8 Å². The van der Waals surface area contributed by atoms with Crippen LogP contribution in [0.4, 0.5) is 11.5 Å². The fourth-order valence-electron chi connectivity index (χ4n) is 5.30. The van der Waals surface area contributed by atoms with Crippen molar-refractivity contribution < 1.29 is 9.59 Å². The first-order valence-electron chi connectivity index (χ1n) is 13.1. The number of benzene rings is 1.